The molecular weight excluding hydrogens is 310 g/mol. The molecule has 2 aromatic rings. The van der Waals surface area contributed by atoms with Crippen LogP contribution in [-0.2, 0) is 0 Å². The molecule has 0 radical (unpaired) electrons. The smallest absolute Gasteiger partial charge is 0.289 e. The van der Waals surface area contributed by atoms with Crippen LogP contribution >= 0.6 is 22.9 Å². The van der Waals surface area contributed by atoms with Gasteiger partial charge in [-0.2, -0.15) is 0 Å². The van der Waals surface area contributed by atoms with Gasteiger partial charge in [-0.1, -0.05) is 6.07 Å². The number of hydrogen-bond acceptors (Lipinski definition) is 4. The van der Waals surface area contributed by atoms with Crippen molar-refractivity contribution in [2.75, 3.05) is 13.1 Å². The Morgan fingerprint density at radius 1 is 1.33 bits per heavy atom. The first kappa shape index (κ1) is 14.4. The van der Waals surface area contributed by atoms with E-state index in [2.05, 4.69) is 0 Å². The third-order valence-electron chi connectivity index (χ3n) is 3.63. The van der Waals surface area contributed by atoms with Gasteiger partial charge in [-0.15, -0.1) is 11.3 Å². The minimum atomic E-state index is -0.203. The van der Waals surface area contributed by atoms with Crippen LogP contribution in [0.15, 0.2) is 34.1 Å². The van der Waals surface area contributed by atoms with Crippen molar-refractivity contribution < 1.29 is 14.0 Å². The molecule has 4 nitrogen and oxygen atoms in total. The summed E-state index contributed by atoms with van der Waals surface area (Å²) in [7, 11) is 0. The highest BCUT2D eigenvalue weighted by Crippen LogP contribution is 2.25. The van der Waals surface area contributed by atoms with Crippen LogP contribution in [0, 0.1) is 5.92 Å². The van der Waals surface area contributed by atoms with Crippen molar-refractivity contribution in [3.63, 3.8) is 0 Å². The van der Waals surface area contributed by atoms with Crippen molar-refractivity contribution in [3.05, 3.63) is 45.5 Å². The number of hydrogen-bond donors (Lipinski definition) is 0. The maximum atomic E-state index is 12.4. The number of likely N-dealkylation sites (tertiary alicyclic amines) is 1. The number of piperidine rings is 1. The average Bonchev–Trinajstić information content (AvgIpc) is 3.17. The van der Waals surface area contributed by atoms with Crippen LogP contribution in [-0.4, -0.2) is 29.7 Å². The third kappa shape index (κ3) is 3.04. The van der Waals surface area contributed by atoms with Gasteiger partial charge in [-0.3, -0.25) is 9.59 Å². The molecule has 0 aromatic carbocycles. The fourth-order valence-corrected chi connectivity index (χ4v) is 3.47. The van der Waals surface area contributed by atoms with Crippen LogP contribution in [0.25, 0.3) is 0 Å². The van der Waals surface area contributed by atoms with Gasteiger partial charge in [0.1, 0.15) is 0 Å². The number of Topliss-reactive ketones (excluding diaryl/α,β-unsaturated/α-hetero) is 1. The van der Waals surface area contributed by atoms with Gasteiger partial charge in [-0.05, 0) is 48.0 Å². The number of thiophene rings is 1. The van der Waals surface area contributed by atoms with Crippen molar-refractivity contribution >= 4 is 34.6 Å². The first-order valence-electron chi connectivity index (χ1n) is 6.77. The number of halogens is 1. The lowest BCUT2D eigenvalue weighted by Crippen LogP contribution is -2.42. The summed E-state index contributed by atoms with van der Waals surface area (Å²) in [5, 5.41) is 2.09. The van der Waals surface area contributed by atoms with Crippen molar-refractivity contribution in [1.82, 2.24) is 4.90 Å². The number of rotatable bonds is 3. The molecule has 1 aliphatic heterocycles. The lowest BCUT2D eigenvalue weighted by molar-refractivity contribution is 0.0612. The highest BCUT2D eigenvalue weighted by atomic mass is 35.5. The van der Waals surface area contributed by atoms with Gasteiger partial charge >= 0.3 is 0 Å². The molecule has 0 bridgehead atoms. The van der Waals surface area contributed by atoms with E-state index in [0.29, 0.717) is 13.1 Å². The van der Waals surface area contributed by atoms with E-state index < -0.39 is 0 Å². The maximum absolute atomic E-state index is 12.4. The zero-order valence-corrected chi connectivity index (χ0v) is 12.8. The molecule has 1 saturated heterocycles. The van der Waals surface area contributed by atoms with E-state index in [4.69, 9.17) is 16.0 Å². The summed E-state index contributed by atoms with van der Waals surface area (Å²) in [4.78, 5) is 27.2. The first-order valence-corrected chi connectivity index (χ1v) is 8.03. The Morgan fingerprint density at radius 2 is 2.19 bits per heavy atom. The van der Waals surface area contributed by atoms with Gasteiger partial charge in [-0.25, -0.2) is 0 Å². The van der Waals surface area contributed by atoms with E-state index in [1.807, 2.05) is 17.5 Å². The topological polar surface area (TPSA) is 50.5 Å². The highest BCUT2D eigenvalue weighted by molar-refractivity contribution is 7.12. The Balaban J connectivity index is 1.71. The maximum Gasteiger partial charge on any atom is 0.289 e. The third-order valence-corrected chi connectivity index (χ3v) is 4.71. The quantitative estimate of drug-likeness (QED) is 0.809. The van der Waals surface area contributed by atoms with Crippen LogP contribution in [0.4, 0.5) is 0 Å². The Bertz CT molecular complexity index is 650. The van der Waals surface area contributed by atoms with Crippen LogP contribution in [0.2, 0.25) is 5.22 Å². The zero-order chi connectivity index (χ0) is 14.8. The van der Waals surface area contributed by atoms with Crippen LogP contribution < -0.4 is 0 Å². The van der Waals surface area contributed by atoms with E-state index in [0.717, 1.165) is 17.7 Å². The molecule has 6 heteroatoms. The van der Waals surface area contributed by atoms with Crippen molar-refractivity contribution in [1.29, 1.82) is 0 Å². The van der Waals surface area contributed by atoms with Crippen molar-refractivity contribution in [2.24, 2.45) is 5.92 Å². The van der Waals surface area contributed by atoms with Gasteiger partial charge in [0.25, 0.3) is 5.91 Å². The molecule has 0 N–H and O–H groups in total. The molecule has 0 spiro atoms. The first-order chi connectivity index (χ1) is 10.1. The number of ketones is 1. The molecule has 3 heterocycles. The van der Waals surface area contributed by atoms with E-state index in [1.165, 1.54) is 11.3 Å². The minimum absolute atomic E-state index is 0.125. The lowest BCUT2D eigenvalue weighted by atomic mass is 9.93. The second-order valence-electron chi connectivity index (χ2n) is 5.04. The molecule has 110 valence electrons. The molecule has 1 unspecified atom stereocenters. The van der Waals surface area contributed by atoms with Crippen molar-refractivity contribution in [3.8, 4) is 0 Å². The van der Waals surface area contributed by atoms with E-state index in [-0.39, 0.29) is 28.6 Å². The fraction of sp³-hybridized carbons (Fsp3) is 0.333. The van der Waals surface area contributed by atoms with Crippen LogP contribution in [0.1, 0.15) is 33.1 Å². The Labute approximate surface area is 131 Å². The normalized spacial score (nSPS) is 18.7. The molecule has 21 heavy (non-hydrogen) atoms. The summed E-state index contributed by atoms with van der Waals surface area (Å²) in [5.41, 5.74) is 0. The second-order valence-corrected chi connectivity index (χ2v) is 6.36. The number of carbonyl (C=O) groups is 2. The summed E-state index contributed by atoms with van der Waals surface area (Å²) in [6, 6.07) is 6.82. The largest absolute Gasteiger partial charge is 0.440 e. The summed E-state index contributed by atoms with van der Waals surface area (Å²) >= 11 is 7.14. The summed E-state index contributed by atoms with van der Waals surface area (Å²) in [6.45, 7) is 1.08. The molecule has 1 aliphatic rings. The molecule has 0 saturated carbocycles. The van der Waals surface area contributed by atoms with Gasteiger partial charge in [0, 0.05) is 19.0 Å². The van der Waals surface area contributed by atoms with Crippen LogP contribution in [0.3, 0.4) is 0 Å². The SMILES string of the molecule is O=C(c1cccs1)C1CCCN(C(=O)c2ccc(Cl)o2)C1. The molecule has 1 atom stereocenters. The Kier molecular flexibility index (Phi) is 4.12. The highest BCUT2D eigenvalue weighted by Gasteiger charge is 2.30. The second kappa shape index (κ2) is 6.03. The van der Waals surface area contributed by atoms with Gasteiger partial charge in [0.2, 0.25) is 0 Å². The predicted molar refractivity (Wildman–Crippen MR) is 81.0 cm³/mol. The van der Waals surface area contributed by atoms with E-state index >= 15 is 0 Å². The summed E-state index contributed by atoms with van der Waals surface area (Å²) < 4.78 is 5.16. The Hall–Kier alpha value is -1.59. The van der Waals surface area contributed by atoms with E-state index in [9.17, 15) is 9.59 Å². The number of furan rings is 1. The van der Waals surface area contributed by atoms with Gasteiger partial charge < -0.3 is 9.32 Å². The molecule has 0 aliphatic carbocycles. The number of amides is 1. The molecule has 2 aromatic heterocycles. The summed E-state index contributed by atoms with van der Waals surface area (Å²) in [5.74, 6) is 0.0153. The van der Waals surface area contributed by atoms with E-state index in [1.54, 1.807) is 17.0 Å². The lowest BCUT2D eigenvalue weighted by Gasteiger charge is -2.31. The monoisotopic (exact) mass is 323 g/mol. The van der Waals surface area contributed by atoms with Gasteiger partial charge in [0.05, 0.1) is 4.88 Å². The molecular formula is C15H14ClNO3S. The molecule has 1 amide bonds. The average molecular weight is 324 g/mol. The van der Waals surface area contributed by atoms with Gasteiger partial charge in [0.15, 0.2) is 16.8 Å². The number of nitrogens with zero attached hydrogens (tertiary/aromatic N) is 1. The predicted octanol–water partition coefficient (Wildman–Crippen LogP) is 3.73. The number of carbonyl (C=O) groups excluding carboxylic acids is 2. The Morgan fingerprint density at radius 3 is 2.86 bits per heavy atom. The molecule has 3 rings (SSSR count). The minimum Gasteiger partial charge on any atom is -0.440 e. The van der Waals surface area contributed by atoms with Crippen molar-refractivity contribution in [2.45, 2.75) is 12.8 Å². The zero-order valence-electron chi connectivity index (χ0n) is 11.3. The van der Waals surface area contributed by atoms with Crippen LogP contribution in [0.5, 0.6) is 0 Å². The molecule has 1 fully saturated rings. The standard InChI is InChI=1S/C15H14ClNO3S/c16-13-6-5-11(20-13)15(19)17-7-1-3-10(9-17)14(18)12-4-2-8-21-12/h2,4-6,8,10H,1,3,7,9H2. The summed E-state index contributed by atoms with van der Waals surface area (Å²) in [6.07, 6.45) is 1.64. The fourth-order valence-electron chi connectivity index (χ4n) is 2.58.